The van der Waals surface area contributed by atoms with Crippen molar-refractivity contribution in [2.75, 3.05) is 0 Å². The van der Waals surface area contributed by atoms with Gasteiger partial charge in [-0.05, 0) is 25.3 Å². The molecule has 3 heteroatoms. The summed E-state index contributed by atoms with van der Waals surface area (Å²) in [5.41, 5.74) is 7.04. The first-order valence-electron chi connectivity index (χ1n) is 6.17. The molecule has 2 atom stereocenters. The number of nitrogens with two attached hydrogens (primary N) is 1. The van der Waals surface area contributed by atoms with Crippen molar-refractivity contribution in [3.63, 3.8) is 0 Å². The fourth-order valence-electron chi connectivity index (χ4n) is 1.68. The Morgan fingerprint density at radius 2 is 2.11 bits per heavy atom. The lowest BCUT2D eigenvalue weighted by Crippen LogP contribution is -2.44. The molecule has 0 spiro atoms. The van der Waals surface area contributed by atoms with Gasteiger partial charge in [0.25, 0.3) is 0 Å². The molecule has 0 saturated carbocycles. The van der Waals surface area contributed by atoms with Crippen molar-refractivity contribution in [1.82, 2.24) is 5.32 Å². The number of aryl methyl sites for hydroxylation is 1. The van der Waals surface area contributed by atoms with Crippen LogP contribution in [0.5, 0.6) is 0 Å². The zero-order chi connectivity index (χ0) is 13.4. The van der Waals surface area contributed by atoms with Crippen LogP contribution in [0.1, 0.15) is 25.3 Å². The number of nitrogens with one attached hydrogen (secondary N) is 1. The molecule has 2 unspecified atom stereocenters. The summed E-state index contributed by atoms with van der Waals surface area (Å²) >= 11 is 0. The van der Waals surface area contributed by atoms with Crippen molar-refractivity contribution in [3.8, 4) is 12.3 Å². The Balaban J connectivity index is 2.34. The zero-order valence-corrected chi connectivity index (χ0v) is 10.7. The third-order valence-corrected chi connectivity index (χ3v) is 2.74. The van der Waals surface area contributed by atoms with E-state index in [-0.39, 0.29) is 11.9 Å². The Morgan fingerprint density at radius 3 is 2.72 bits per heavy atom. The van der Waals surface area contributed by atoms with Crippen molar-refractivity contribution in [3.05, 3.63) is 35.9 Å². The number of carbonyl (C=O) groups excluding carboxylic acids is 1. The average Bonchev–Trinajstić information content (AvgIpc) is 2.37. The van der Waals surface area contributed by atoms with Gasteiger partial charge in [-0.3, -0.25) is 4.79 Å². The van der Waals surface area contributed by atoms with Crippen molar-refractivity contribution in [2.24, 2.45) is 5.73 Å². The maximum atomic E-state index is 11.7. The predicted octanol–water partition coefficient (Wildman–Crippen LogP) is 1.47. The predicted molar refractivity (Wildman–Crippen MR) is 73.8 cm³/mol. The average molecular weight is 244 g/mol. The van der Waals surface area contributed by atoms with Crippen LogP contribution in [0.2, 0.25) is 0 Å². The maximum Gasteiger partial charge on any atom is 0.237 e. The lowest BCUT2D eigenvalue weighted by Gasteiger charge is -2.15. The molecule has 0 aliphatic carbocycles. The van der Waals surface area contributed by atoms with Crippen LogP contribution in [0.4, 0.5) is 0 Å². The highest BCUT2D eigenvalue weighted by molar-refractivity contribution is 5.81. The Kier molecular flexibility index (Phi) is 5.96. The number of amides is 1. The van der Waals surface area contributed by atoms with Gasteiger partial charge in [0.2, 0.25) is 5.91 Å². The SMILES string of the molecule is C#CCC(C)NC(=O)C(N)CCc1ccccc1. The first-order chi connectivity index (χ1) is 8.63. The van der Waals surface area contributed by atoms with Gasteiger partial charge < -0.3 is 11.1 Å². The molecule has 0 aliphatic rings. The number of benzene rings is 1. The van der Waals surface area contributed by atoms with Gasteiger partial charge in [0.1, 0.15) is 0 Å². The van der Waals surface area contributed by atoms with E-state index in [1.807, 2.05) is 37.3 Å². The second kappa shape index (κ2) is 7.52. The van der Waals surface area contributed by atoms with E-state index >= 15 is 0 Å². The molecule has 1 rings (SSSR count). The maximum absolute atomic E-state index is 11.7. The van der Waals surface area contributed by atoms with E-state index in [1.54, 1.807) is 0 Å². The fourth-order valence-corrected chi connectivity index (χ4v) is 1.68. The van der Waals surface area contributed by atoms with Gasteiger partial charge in [0, 0.05) is 12.5 Å². The standard InChI is InChI=1S/C15H20N2O/c1-3-7-12(2)17-15(18)14(16)11-10-13-8-5-4-6-9-13/h1,4-6,8-9,12,14H,7,10-11,16H2,2H3,(H,17,18). The van der Waals surface area contributed by atoms with Crippen molar-refractivity contribution in [2.45, 2.75) is 38.3 Å². The zero-order valence-electron chi connectivity index (χ0n) is 10.7. The fraction of sp³-hybridized carbons (Fsp3) is 0.400. The van der Waals surface area contributed by atoms with Gasteiger partial charge >= 0.3 is 0 Å². The largest absolute Gasteiger partial charge is 0.351 e. The molecule has 1 aromatic carbocycles. The quantitative estimate of drug-likeness (QED) is 0.745. The Labute approximate surface area is 109 Å². The van der Waals surface area contributed by atoms with Crippen molar-refractivity contribution in [1.29, 1.82) is 0 Å². The van der Waals surface area contributed by atoms with Crippen molar-refractivity contribution < 1.29 is 4.79 Å². The molecular formula is C15H20N2O. The third-order valence-electron chi connectivity index (χ3n) is 2.74. The molecule has 0 radical (unpaired) electrons. The van der Waals surface area contributed by atoms with Gasteiger partial charge in [-0.15, -0.1) is 12.3 Å². The van der Waals surface area contributed by atoms with Crippen LogP contribution in [-0.2, 0) is 11.2 Å². The number of terminal acetylenes is 1. The summed E-state index contributed by atoms with van der Waals surface area (Å²) in [5, 5.41) is 2.81. The lowest BCUT2D eigenvalue weighted by atomic mass is 10.0. The summed E-state index contributed by atoms with van der Waals surface area (Å²) < 4.78 is 0. The molecule has 0 fully saturated rings. The summed E-state index contributed by atoms with van der Waals surface area (Å²) in [4.78, 5) is 11.7. The molecule has 1 aromatic rings. The molecule has 0 bridgehead atoms. The monoisotopic (exact) mass is 244 g/mol. The number of carbonyl (C=O) groups is 1. The van der Waals surface area contributed by atoms with Crippen LogP contribution in [0, 0.1) is 12.3 Å². The summed E-state index contributed by atoms with van der Waals surface area (Å²) in [7, 11) is 0. The van der Waals surface area contributed by atoms with Gasteiger partial charge in [-0.2, -0.15) is 0 Å². The highest BCUT2D eigenvalue weighted by Gasteiger charge is 2.14. The van der Waals surface area contributed by atoms with Crippen LogP contribution in [0.3, 0.4) is 0 Å². The topological polar surface area (TPSA) is 55.1 Å². The summed E-state index contributed by atoms with van der Waals surface area (Å²) in [6.07, 6.45) is 7.15. The van der Waals surface area contributed by atoms with E-state index in [0.29, 0.717) is 12.8 Å². The summed E-state index contributed by atoms with van der Waals surface area (Å²) in [6, 6.07) is 9.50. The normalized spacial score (nSPS) is 13.4. The molecule has 0 saturated heterocycles. The van der Waals surface area contributed by atoms with Crippen LogP contribution in [-0.4, -0.2) is 18.0 Å². The Morgan fingerprint density at radius 1 is 1.44 bits per heavy atom. The molecule has 1 amide bonds. The Bertz CT molecular complexity index is 408. The van der Waals surface area contributed by atoms with E-state index in [0.717, 1.165) is 6.42 Å². The minimum absolute atomic E-state index is 0.0229. The van der Waals surface area contributed by atoms with Crippen LogP contribution in [0.15, 0.2) is 30.3 Å². The van der Waals surface area contributed by atoms with Crippen molar-refractivity contribution >= 4 is 5.91 Å². The number of hydrogen-bond acceptors (Lipinski definition) is 2. The first-order valence-corrected chi connectivity index (χ1v) is 6.17. The smallest absolute Gasteiger partial charge is 0.237 e. The van der Waals surface area contributed by atoms with E-state index in [9.17, 15) is 4.79 Å². The molecule has 96 valence electrons. The van der Waals surface area contributed by atoms with E-state index < -0.39 is 6.04 Å². The molecule has 3 N–H and O–H groups in total. The summed E-state index contributed by atoms with van der Waals surface area (Å²) in [5.74, 6) is 2.38. The van der Waals surface area contributed by atoms with Crippen LogP contribution >= 0.6 is 0 Å². The molecule has 0 aromatic heterocycles. The van der Waals surface area contributed by atoms with E-state index in [1.165, 1.54) is 5.56 Å². The summed E-state index contributed by atoms with van der Waals surface area (Å²) in [6.45, 7) is 1.88. The number of rotatable bonds is 6. The highest BCUT2D eigenvalue weighted by atomic mass is 16.2. The first kappa shape index (κ1) is 14.3. The van der Waals surface area contributed by atoms with Gasteiger partial charge in [0.05, 0.1) is 6.04 Å². The Hall–Kier alpha value is -1.79. The van der Waals surface area contributed by atoms with Crippen LogP contribution in [0.25, 0.3) is 0 Å². The van der Waals surface area contributed by atoms with Gasteiger partial charge in [0.15, 0.2) is 0 Å². The van der Waals surface area contributed by atoms with E-state index in [2.05, 4.69) is 11.2 Å². The third kappa shape index (κ3) is 5.03. The minimum Gasteiger partial charge on any atom is -0.351 e. The van der Waals surface area contributed by atoms with E-state index in [4.69, 9.17) is 12.2 Å². The second-order valence-corrected chi connectivity index (χ2v) is 4.45. The number of hydrogen-bond donors (Lipinski definition) is 2. The van der Waals surface area contributed by atoms with Crippen LogP contribution < -0.4 is 11.1 Å². The highest BCUT2D eigenvalue weighted by Crippen LogP contribution is 2.04. The lowest BCUT2D eigenvalue weighted by molar-refractivity contribution is -0.123. The second-order valence-electron chi connectivity index (χ2n) is 4.45. The van der Waals surface area contributed by atoms with Gasteiger partial charge in [-0.1, -0.05) is 30.3 Å². The molecule has 3 nitrogen and oxygen atoms in total. The van der Waals surface area contributed by atoms with Gasteiger partial charge in [-0.25, -0.2) is 0 Å². The molecule has 18 heavy (non-hydrogen) atoms. The minimum atomic E-state index is -0.481. The molecule has 0 aliphatic heterocycles. The molecule has 0 heterocycles. The molecular weight excluding hydrogens is 224 g/mol.